The van der Waals surface area contributed by atoms with Gasteiger partial charge in [0, 0.05) is 13.0 Å². The third-order valence-corrected chi connectivity index (χ3v) is 8.54. The van der Waals surface area contributed by atoms with Crippen molar-refractivity contribution in [2.75, 3.05) is 4.90 Å². The number of sulfonamides is 1. The van der Waals surface area contributed by atoms with Crippen molar-refractivity contribution in [3.05, 3.63) is 54.1 Å². The first-order valence-electron chi connectivity index (χ1n) is 11.9. The van der Waals surface area contributed by atoms with Crippen LogP contribution in [0.1, 0.15) is 57.4 Å². The molecule has 1 heterocycles. The predicted molar refractivity (Wildman–Crippen MR) is 130 cm³/mol. The summed E-state index contributed by atoms with van der Waals surface area (Å²) in [6.07, 6.45) is 4.88. The Morgan fingerprint density at radius 3 is 2.11 bits per heavy atom. The van der Waals surface area contributed by atoms with Crippen molar-refractivity contribution in [1.82, 2.24) is 4.31 Å². The predicted octanol–water partition coefficient (Wildman–Crippen LogP) is 3.97. The normalized spacial score (nSPS) is 19.7. The number of hydrogen-bond donors (Lipinski definition) is 0. The van der Waals surface area contributed by atoms with Crippen LogP contribution in [0.25, 0.3) is 0 Å². The molecule has 1 saturated carbocycles. The lowest BCUT2D eigenvalue weighted by molar-refractivity contribution is -0.132. The molecule has 1 saturated heterocycles. The number of imide groups is 1. The molecule has 2 fully saturated rings. The van der Waals surface area contributed by atoms with Crippen molar-refractivity contribution in [1.29, 1.82) is 0 Å². The molecule has 8 nitrogen and oxygen atoms in total. The van der Waals surface area contributed by atoms with Gasteiger partial charge in [0.25, 0.3) is 5.91 Å². The van der Waals surface area contributed by atoms with Crippen molar-refractivity contribution in [2.24, 2.45) is 0 Å². The molecule has 1 aliphatic heterocycles. The number of carbonyl (C=O) groups excluding carboxylic acids is 3. The summed E-state index contributed by atoms with van der Waals surface area (Å²) in [7, 11) is -4.02. The van der Waals surface area contributed by atoms with Gasteiger partial charge in [0.05, 0.1) is 17.0 Å². The smallest absolute Gasteiger partial charge is 0.308 e. The van der Waals surface area contributed by atoms with E-state index in [2.05, 4.69) is 0 Å². The second kappa shape index (κ2) is 10.3. The lowest BCUT2D eigenvalue weighted by atomic mass is 10.1. The molecule has 186 valence electrons. The Hall–Kier alpha value is -3.04. The molecule has 0 aromatic heterocycles. The topological polar surface area (TPSA) is 101 Å². The van der Waals surface area contributed by atoms with Crippen LogP contribution >= 0.6 is 0 Å². The van der Waals surface area contributed by atoms with Gasteiger partial charge in [-0.3, -0.25) is 14.4 Å². The van der Waals surface area contributed by atoms with Gasteiger partial charge < -0.3 is 4.74 Å². The van der Waals surface area contributed by atoms with E-state index in [1.54, 1.807) is 24.3 Å². The molecule has 2 amide bonds. The lowest BCUT2D eigenvalue weighted by Gasteiger charge is -2.33. The first-order chi connectivity index (χ1) is 16.7. The van der Waals surface area contributed by atoms with E-state index < -0.39 is 33.8 Å². The van der Waals surface area contributed by atoms with Crippen molar-refractivity contribution in [3.63, 3.8) is 0 Å². The fraction of sp³-hybridized carbons (Fsp3) is 0.423. The summed E-state index contributed by atoms with van der Waals surface area (Å²) in [6.45, 7) is 3.16. The average molecular weight is 499 g/mol. The molecule has 0 bridgehead atoms. The summed E-state index contributed by atoms with van der Waals surface area (Å²) in [5.41, 5.74) is 1.24. The van der Waals surface area contributed by atoms with Crippen LogP contribution in [0.2, 0.25) is 0 Å². The SMILES string of the molecule is CC(=O)Oc1ccc(N2C(=O)CC(N(C3CCCCCC3)S(=O)(=O)c3ccc(C)cc3)C2=O)cc1. The van der Waals surface area contributed by atoms with Crippen LogP contribution in [0.3, 0.4) is 0 Å². The molecule has 1 unspecified atom stereocenters. The number of carbonyl (C=O) groups is 3. The maximum atomic E-state index is 13.9. The Morgan fingerprint density at radius 2 is 1.54 bits per heavy atom. The van der Waals surface area contributed by atoms with E-state index in [0.29, 0.717) is 24.3 Å². The van der Waals surface area contributed by atoms with E-state index in [9.17, 15) is 22.8 Å². The highest BCUT2D eigenvalue weighted by atomic mass is 32.2. The molecular weight excluding hydrogens is 468 g/mol. The zero-order valence-electron chi connectivity index (χ0n) is 20.0. The number of ether oxygens (including phenoxy) is 1. The Bertz CT molecular complexity index is 1200. The summed E-state index contributed by atoms with van der Waals surface area (Å²) in [6, 6.07) is 11.1. The van der Waals surface area contributed by atoms with E-state index in [0.717, 1.165) is 36.1 Å². The molecule has 1 atom stereocenters. The van der Waals surface area contributed by atoms with Gasteiger partial charge in [-0.25, -0.2) is 13.3 Å². The standard InChI is InChI=1S/C26H30N2O6S/c1-18-9-15-23(16-10-18)35(32,33)28(21-7-5-3-4-6-8-21)24-17-25(30)27(26(24)31)20-11-13-22(14-12-20)34-19(2)29/h9-16,21,24H,3-8,17H2,1-2H3. The molecule has 0 radical (unpaired) electrons. The molecule has 35 heavy (non-hydrogen) atoms. The second-order valence-corrected chi connectivity index (χ2v) is 11.0. The first kappa shape index (κ1) is 25.1. The minimum Gasteiger partial charge on any atom is -0.427 e. The summed E-state index contributed by atoms with van der Waals surface area (Å²) in [4.78, 5) is 39.0. The van der Waals surface area contributed by atoms with Gasteiger partial charge in [-0.1, -0.05) is 43.4 Å². The van der Waals surface area contributed by atoms with Crippen LogP contribution in [-0.2, 0) is 24.4 Å². The van der Waals surface area contributed by atoms with E-state index in [1.807, 2.05) is 6.92 Å². The molecule has 0 N–H and O–H groups in total. The van der Waals surface area contributed by atoms with E-state index in [1.165, 1.54) is 35.5 Å². The summed E-state index contributed by atoms with van der Waals surface area (Å²) in [5.74, 6) is -1.21. The average Bonchev–Trinajstić information content (AvgIpc) is 2.97. The van der Waals surface area contributed by atoms with E-state index in [-0.39, 0.29) is 17.4 Å². The van der Waals surface area contributed by atoms with Crippen LogP contribution in [0, 0.1) is 6.92 Å². The van der Waals surface area contributed by atoms with Crippen LogP contribution in [0.4, 0.5) is 5.69 Å². The minimum atomic E-state index is -4.02. The van der Waals surface area contributed by atoms with Gasteiger partial charge in [0.1, 0.15) is 11.8 Å². The highest BCUT2D eigenvalue weighted by Crippen LogP contribution is 2.35. The van der Waals surface area contributed by atoms with Gasteiger partial charge >= 0.3 is 5.97 Å². The van der Waals surface area contributed by atoms with E-state index >= 15 is 0 Å². The number of amides is 2. The Kier molecular flexibility index (Phi) is 7.37. The van der Waals surface area contributed by atoms with Crippen molar-refractivity contribution < 1.29 is 27.5 Å². The maximum absolute atomic E-state index is 13.9. The Labute approximate surface area is 205 Å². The van der Waals surface area contributed by atoms with Gasteiger partial charge in [-0.2, -0.15) is 4.31 Å². The minimum absolute atomic E-state index is 0.122. The largest absolute Gasteiger partial charge is 0.427 e. The van der Waals surface area contributed by atoms with Crippen LogP contribution in [0.15, 0.2) is 53.4 Å². The van der Waals surface area contributed by atoms with Crippen LogP contribution in [0.5, 0.6) is 5.75 Å². The molecule has 1 aliphatic carbocycles. The first-order valence-corrected chi connectivity index (χ1v) is 13.4. The molecule has 2 aromatic rings. The number of rotatable bonds is 6. The summed E-state index contributed by atoms with van der Waals surface area (Å²) >= 11 is 0. The Morgan fingerprint density at radius 1 is 0.943 bits per heavy atom. The molecular formula is C26H30N2O6S. The van der Waals surface area contributed by atoms with Gasteiger partial charge in [0.15, 0.2) is 0 Å². The molecule has 9 heteroatoms. The zero-order valence-corrected chi connectivity index (χ0v) is 20.8. The van der Waals surface area contributed by atoms with Gasteiger partial charge in [0.2, 0.25) is 15.9 Å². The number of esters is 1. The van der Waals surface area contributed by atoms with Crippen molar-refractivity contribution in [3.8, 4) is 5.75 Å². The number of anilines is 1. The van der Waals surface area contributed by atoms with Crippen LogP contribution in [-0.4, -0.2) is 42.6 Å². The van der Waals surface area contributed by atoms with Crippen LogP contribution < -0.4 is 9.64 Å². The second-order valence-electron chi connectivity index (χ2n) is 9.17. The van der Waals surface area contributed by atoms with Crippen molar-refractivity contribution >= 4 is 33.5 Å². The van der Waals surface area contributed by atoms with E-state index in [4.69, 9.17) is 4.74 Å². The Balaban J connectivity index is 1.69. The number of hydrogen-bond acceptors (Lipinski definition) is 6. The quantitative estimate of drug-likeness (QED) is 0.259. The fourth-order valence-corrected chi connectivity index (χ4v) is 6.70. The van der Waals surface area contributed by atoms with Crippen molar-refractivity contribution in [2.45, 2.75) is 75.8 Å². The molecule has 2 aromatic carbocycles. The number of aryl methyl sites for hydroxylation is 1. The molecule has 2 aliphatic rings. The third kappa shape index (κ3) is 5.31. The maximum Gasteiger partial charge on any atom is 0.308 e. The lowest BCUT2D eigenvalue weighted by Crippen LogP contribution is -2.50. The zero-order chi connectivity index (χ0) is 25.2. The third-order valence-electron chi connectivity index (χ3n) is 6.57. The van der Waals surface area contributed by atoms with Gasteiger partial charge in [-0.15, -0.1) is 0 Å². The molecule has 0 spiro atoms. The fourth-order valence-electron chi connectivity index (χ4n) is 4.88. The summed E-state index contributed by atoms with van der Waals surface area (Å²) in [5, 5.41) is 0. The monoisotopic (exact) mass is 498 g/mol. The highest BCUT2D eigenvalue weighted by Gasteiger charge is 2.49. The number of benzene rings is 2. The molecule has 4 rings (SSSR count). The number of nitrogens with zero attached hydrogens (tertiary/aromatic N) is 2. The summed E-state index contributed by atoms with van der Waals surface area (Å²) < 4.78 is 34.1. The van der Waals surface area contributed by atoms with Gasteiger partial charge in [-0.05, 0) is 56.2 Å². The highest BCUT2D eigenvalue weighted by molar-refractivity contribution is 7.89.